The summed E-state index contributed by atoms with van der Waals surface area (Å²) in [6.07, 6.45) is 4.04. The Morgan fingerprint density at radius 2 is 1.97 bits per heavy atom. The summed E-state index contributed by atoms with van der Waals surface area (Å²) in [5.41, 5.74) is 4.33. The van der Waals surface area contributed by atoms with Crippen LogP contribution >= 0.6 is 11.3 Å². The molecule has 3 heterocycles. The van der Waals surface area contributed by atoms with Crippen LogP contribution < -0.4 is 20.9 Å². The number of anilines is 4. The van der Waals surface area contributed by atoms with Gasteiger partial charge >= 0.3 is 0 Å². The molecule has 4 aliphatic rings. The van der Waals surface area contributed by atoms with E-state index in [0.717, 1.165) is 66.4 Å². The normalized spacial score (nSPS) is 26.1. The summed E-state index contributed by atoms with van der Waals surface area (Å²) in [5.74, 6) is 4.40. The van der Waals surface area contributed by atoms with Crippen molar-refractivity contribution in [2.45, 2.75) is 33.1 Å². The highest BCUT2D eigenvalue weighted by atomic mass is 32.1. The van der Waals surface area contributed by atoms with Gasteiger partial charge in [-0.05, 0) is 60.6 Å². The van der Waals surface area contributed by atoms with Gasteiger partial charge in [0.25, 0.3) is 0 Å². The quantitative estimate of drug-likeness (QED) is 0.502. The molecule has 7 rings (SSSR count). The summed E-state index contributed by atoms with van der Waals surface area (Å²) in [4.78, 5) is 20.9. The number of nitrogens with zero attached hydrogens (tertiary/aromatic N) is 5. The van der Waals surface area contributed by atoms with Gasteiger partial charge in [0.05, 0.1) is 15.7 Å². The molecule has 33 heavy (non-hydrogen) atoms. The van der Waals surface area contributed by atoms with Gasteiger partial charge in [0.2, 0.25) is 17.8 Å². The van der Waals surface area contributed by atoms with E-state index in [1.807, 2.05) is 17.6 Å². The summed E-state index contributed by atoms with van der Waals surface area (Å²) in [5, 5.41) is 10.4. The Kier molecular flexibility index (Phi) is 5.33. The van der Waals surface area contributed by atoms with E-state index in [-0.39, 0.29) is 0 Å². The van der Waals surface area contributed by atoms with Crippen molar-refractivity contribution >= 4 is 45.1 Å². The zero-order valence-corrected chi connectivity index (χ0v) is 20.2. The lowest BCUT2D eigenvalue weighted by molar-refractivity contribution is -0.100. The van der Waals surface area contributed by atoms with E-state index < -0.39 is 0 Å². The van der Waals surface area contributed by atoms with Gasteiger partial charge in [-0.3, -0.25) is 0 Å². The van der Waals surface area contributed by atoms with Crippen LogP contribution in [0.5, 0.6) is 0 Å². The van der Waals surface area contributed by atoms with Crippen molar-refractivity contribution in [3.05, 3.63) is 23.7 Å². The fourth-order valence-electron chi connectivity index (χ4n) is 6.00. The summed E-state index contributed by atoms with van der Waals surface area (Å²) < 4.78 is 1.15. The van der Waals surface area contributed by atoms with Crippen LogP contribution in [-0.4, -0.2) is 52.7 Å². The minimum Gasteiger partial charge on any atom is -0.354 e. The Morgan fingerprint density at radius 1 is 1.12 bits per heavy atom. The lowest BCUT2D eigenvalue weighted by Crippen LogP contribution is -2.53. The lowest BCUT2D eigenvalue weighted by Gasteiger charge is -2.60. The Balaban J connectivity index is 1.23. The molecule has 3 N–H and O–H groups in total. The van der Waals surface area contributed by atoms with Crippen LogP contribution in [0.15, 0.2) is 23.7 Å². The Labute approximate surface area is 198 Å². The Bertz CT molecular complexity index is 1140. The molecule has 2 aromatic heterocycles. The highest BCUT2D eigenvalue weighted by Gasteiger charge is 2.53. The molecule has 8 nitrogen and oxygen atoms in total. The fourth-order valence-corrected chi connectivity index (χ4v) is 6.71. The van der Waals surface area contributed by atoms with E-state index in [1.54, 1.807) is 11.3 Å². The summed E-state index contributed by atoms with van der Waals surface area (Å²) in [7, 11) is 0. The zero-order chi connectivity index (χ0) is 22.4. The fraction of sp³-hybridized carbons (Fsp3) is 0.583. The monoisotopic (exact) mass is 464 g/mol. The molecule has 1 saturated heterocycles. The second-order valence-corrected chi connectivity index (χ2v) is 11.1. The molecule has 1 unspecified atom stereocenters. The van der Waals surface area contributed by atoms with E-state index in [4.69, 9.17) is 15.0 Å². The van der Waals surface area contributed by atoms with Crippen LogP contribution in [0.25, 0.3) is 10.2 Å². The van der Waals surface area contributed by atoms with Crippen molar-refractivity contribution in [1.82, 2.24) is 25.3 Å². The number of piperazine rings is 1. The van der Waals surface area contributed by atoms with Crippen LogP contribution in [0, 0.1) is 23.2 Å². The maximum atomic E-state index is 4.82. The molecular weight excluding hydrogens is 432 g/mol. The van der Waals surface area contributed by atoms with Gasteiger partial charge in [-0.2, -0.15) is 15.0 Å². The maximum absolute atomic E-state index is 4.82. The summed E-state index contributed by atoms with van der Waals surface area (Å²) >= 11 is 1.64. The van der Waals surface area contributed by atoms with E-state index in [9.17, 15) is 0 Å². The van der Waals surface area contributed by atoms with Crippen molar-refractivity contribution in [2.75, 3.05) is 48.3 Å². The third kappa shape index (κ3) is 4.01. The van der Waals surface area contributed by atoms with E-state index >= 15 is 0 Å². The van der Waals surface area contributed by atoms with Crippen molar-refractivity contribution in [3.63, 3.8) is 0 Å². The SMILES string of the molecule is CC1(C)C2C[C@@H]1CC[C@@H]2CNc1nc(Nc2ccc3ncsc3c2)nc(N2CCNCC2)n1. The molecule has 4 fully saturated rings. The van der Waals surface area contributed by atoms with Gasteiger partial charge in [0, 0.05) is 38.4 Å². The minimum atomic E-state index is 0.484. The standard InChI is InChI=1S/C24H32N8S/c1-24(2)16-4-3-15(18(24)11-16)13-26-21-29-22(31-23(30-21)32-9-7-25-8-10-32)28-17-5-6-19-20(12-17)33-14-27-19/h5-6,12,14-16,18,25H,3-4,7-11,13H2,1-2H3,(H2,26,28,29,30,31)/t15-,16+,18?/m1/s1. The van der Waals surface area contributed by atoms with E-state index in [2.05, 4.69) is 45.7 Å². The number of aromatic nitrogens is 4. The van der Waals surface area contributed by atoms with Gasteiger partial charge in [0.1, 0.15) is 0 Å². The summed E-state index contributed by atoms with van der Waals surface area (Å²) in [6.45, 7) is 9.51. The van der Waals surface area contributed by atoms with Gasteiger partial charge < -0.3 is 20.9 Å². The number of hydrogen-bond donors (Lipinski definition) is 3. The zero-order valence-electron chi connectivity index (χ0n) is 19.3. The highest BCUT2D eigenvalue weighted by molar-refractivity contribution is 7.16. The number of thiazole rings is 1. The van der Waals surface area contributed by atoms with Crippen molar-refractivity contribution in [3.8, 4) is 0 Å². The first-order valence-electron chi connectivity index (χ1n) is 12.1. The number of nitrogens with one attached hydrogen (secondary N) is 3. The van der Waals surface area contributed by atoms with Crippen LogP contribution in [-0.2, 0) is 0 Å². The number of fused-ring (bicyclic) bond motifs is 3. The molecule has 3 saturated carbocycles. The second-order valence-electron chi connectivity index (χ2n) is 10.3. The maximum Gasteiger partial charge on any atom is 0.233 e. The largest absolute Gasteiger partial charge is 0.354 e. The molecule has 0 spiro atoms. The number of benzene rings is 1. The first kappa shape index (κ1) is 21.0. The van der Waals surface area contributed by atoms with Crippen LogP contribution in [0.3, 0.4) is 0 Å². The first-order chi connectivity index (χ1) is 16.1. The third-order valence-corrected chi connectivity index (χ3v) is 8.93. The molecule has 1 aromatic carbocycles. The number of rotatable bonds is 6. The highest BCUT2D eigenvalue weighted by Crippen LogP contribution is 2.61. The molecule has 3 aliphatic carbocycles. The van der Waals surface area contributed by atoms with E-state index in [0.29, 0.717) is 23.2 Å². The lowest BCUT2D eigenvalue weighted by atomic mass is 9.45. The molecule has 3 aromatic rings. The van der Waals surface area contributed by atoms with Crippen LogP contribution in [0.2, 0.25) is 0 Å². The topological polar surface area (TPSA) is 90.9 Å². The van der Waals surface area contributed by atoms with E-state index in [1.165, 1.54) is 19.3 Å². The van der Waals surface area contributed by atoms with Crippen molar-refractivity contribution in [2.24, 2.45) is 23.2 Å². The minimum absolute atomic E-state index is 0.484. The predicted molar refractivity (Wildman–Crippen MR) is 134 cm³/mol. The van der Waals surface area contributed by atoms with Crippen LogP contribution in [0.1, 0.15) is 33.1 Å². The predicted octanol–water partition coefficient (Wildman–Crippen LogP) is 4.12. The van der Waals surface area contributed by atoms with Gasteiger partial charge in [-0.1, -0.05) is 13.8 Å². The molecule has 9 heteroatoms. The smallest absolute Gasteiger partial charge is 0.233 e. The summed E-state index contributed by atoms with van der Waals surface area (Å²) in [6, 6.07) is 6.16. The van der Waals surface area contributed by atoms with Gasteiger partial charge in [0.15, 0.2) is 0 Å². The molecular formula is C24H32N8S. The Morgan fingerprint density at radius 3 is 2.79 bits per heavy atom. The number of hydrogen-bond acceptors (Lipinski definition) is 9. The molecule has 3 atom stereocenters. The van der Waals surface area contributed by atoms with Gasteiger partial charge in [-0.15, -0.1) is 11.3 Å². The second kappa shape index (κ2) is 8.36. The molecule has 2 bridgehead atoms. The molecule has 1 aliphatic heterocycles. The van der Waals surface area contributed by atoms with Crippen molar-refractivity contribution in [1.29, 1.82) is 0 Å². The van der Waals surface area contributed by atoms with Gasteiger partial charge in [-0.25, -0.2) is 4.98 Å². The molecule has 0 amide bonds. The molecule has 174 valence electrons. The third-order valence-electron chi connectivity index (χ3n) is 8.13. The Hall–Kier alpha value is -2.52. The average Bonchev–Trinajstić information content (AvgIpc) is 3.31. The van der Waals surface area contributed by atoms with Crippen molar-refractivity contribution < 1.29 is 0 Å². The molecule has 0 radical (unpaired) electrons. The average molecular weight is 465 g/mol. The first-order valence-corrected chi connectivity index (χ1v) is 13.0. The van der Waals surface area contributed by atoms with Crippen LogP contribution in [0.4, 0.5) is 23.5 Å².